The fourth-order valence-electron chi connectivity index (χ4n) is 1.79. The number of aliphatic hydroxyl groups excluding tert-OH is 3. The van der Waals surface area contributed by atoms with Crippen LogP contribution in [0.25, 0.3) is 0 Å². The molecule has 18 heavy (non-hydrogen) atoms. The van der Waals surface area contributed by atoms with Crippen molar-refractivity contribution < 1.29 is 24.4 Å². The van der Waals surface area contributed by atoms with E-state index in [0.717, 1.165) is 0 Å². The number of rotatable bonds is 2. The van der Waals surface area contributed by atoms with Gasteiger partial charge in [-0.3, -0.25) is 4.79 Å². The Hall–Kier alpha value is -1.55. The topological polar surface area (TPSA) is 125 Å². The number of nitrogens with one attached hydrogen (secondary N) is 1. The number of hydrogen-bond acceptors (Lipinski definition) is 6. The van der Waals surface area contributed by atoms with Gasteiger partial charge in [0.05, 0.1) is 6.61 Å². The van der Waals surface area contributed by atoms with Crippen molar-refractivity contribution in [2.45, 2.75) is 24.5 Å². The molecule has 1 aliphatic rings. The molecular formula is C9H11FN2O6. The van der Waals surface area contributed by atoms with Crippen molar-refractivity contribution in [1.29, 1.82) is 0 Å². The molecule has 1 saturated heterocycles. The van der Waals surface area contributed by atoms with Crippen LogP contribution in [0.1, 0.15) is 6.23 Å². The molecule has 4 N–H and O–H groups in total. The summed E-state index contributed by atoms with van der Waals surface area (Å²) in [6.45, 7) is -0.614. The number of nitrogens with zero attached hydrogens (tertiary/aromatic N) is 1. The SMILES string of the molecule is O=c1[nH]cc(F)c(=O)n1C1O[C@H](CO)[C@@H](O)[C@H]1O. The lowest BCUT2D eigenvalue weighted by molar-refractivity contribution is -0.0569. The van der Waals surface area contributed by atoms with Crippen molar-refractivity contribution in [2.75, 3.05) is 6.61 Å². The summed E-state index contributed by atoms with van der Waals surface area (Å²) in [4.78, 5) is 24.8. The molecule has 9 heteroatoms. The average molecular weight is 262 g/mol. The van der Waals surface area contributed by atoms with E-state index < -0.39 is 48.2 Å². The summed E-state index contributed by atoms with van der Waals surface area (Å²) in [6.07, 6.45) is -5.22. The maximum atomic E-state index is 13.1. The van der Waals surface area contributed by atoms with Crippen molar-refractivity contribution >= 4 is 0 Å². The molecule has 4 atom stereocenters. The molecule has 0 amide bonds. The van der Waals surface area contributed by atoms with Gasteiger partial charge in [-0.25, -0.2) is 9.36 Å². The summed E-state index contributed by atoms with van der Waals surface area (Å²) in [5.74, 6) is -1.23. The zero-order chi connectivity index (χ0) is 13.4. The van der Waals surface area contributed by atoms with Gasteiger partial charge in [0.15, 0.2) is 6.23 Å². The van der Waals surface area contributed by atoms with Crippen LogP contribution in [0.4, 0.5) is 4.39 Å². The Balaban J connectivity index is 2.48. The van der Waals surface area contributed by atoms with Crippen LogP contribution in [0.3, 0.4) is 0 Å². The number of aromatic nitrogens is 2. The Morgan fingerprint density at radius 3 is 2.61 bits per heavy atom. The third-order valence-corrected chi connectivity index (χ3v) is 2.74. The van der Waals surface area contributed by atoms with Crippen LogP contribution in [-0.4, -0.2) is 49.8 Å². The molecule has 1 aliphatic heterocycles. The molecule has 0 saturated carbocycles. The van der Waals surface area contributed by atoms with Gasteiger partial charge in [-0.2, -0.15) is 4.39 Å². The second-order valence-electron chi connectivity index (χ2n) is 3.85. The Labute approximate surface area is 98.9 Å². The molecule has 8 nitrogen and oxygen atoms in total. The Bertz CT molecular complexity index is 555. The van der Waals surface area contributed by atoms with Gasteiger partial charge >= 0.3 is 5.69 Å². The molecule has 1 unspecified atom stereocenters. The minimum Gasteiger partial charge on any atom is -0.394 e. The Morgan fingerprint density at radius 1 is 1.39 bits per heavy atom. The second kappa shape index (κ2) is 4.61. The smallest absolute Gasteiger partial charge is 0.330 e. The van der Waals surface area contributed by atoms with Crippen molar-refractivity contribution in [2.24, 2.45) is 0 Å². The van der Waals surface area contributed by atoms with Gasteiger partial charge in [0.25, 0.3) is 5.56 Å². The van der Waals surface area contributed by atoms with Crippen LogP contribution in [0.5, 0.6) is 0 Å². The normalized spacial score (nSPS) is 31.8. The van der Waals surface area contributed by atoms with Gasteiger partial charge in [-0.15, -0.1) is 0 Å². The van der Waals surface area contributed by atoms with E-state index in [4.69, 9.17) is 9.84 Å². The predicted octanol–water partition coefficient (Wildman–Crippen LogP) is -2.71. The van der Waals surface area contributed by atoms with Gasteiger partial charge in [0, 0.05) is 6.20 Å². The molecule has 1 fully saturated rings. The number of ether oxygens (including phenoxy) is 1. The van der Waals surface area contributed by atoms with Crippen molar-refractivity contribution in [3.05, 3.63) is 32.9 Å². The van der Waals surface area contributed by atoms with Gasteiger partial charge in [0.1, 0.15) is 18.3 Å². The van der Waals surface area contributed by atoms with Crippen LogP contribution in [0, 0.1) is 5.82 Å². The van der Waals surface area contributed by atoms with Crippen molar-refractivity contribution in [3.63, 3.8) is 0 Å². The average Bonchev–Trinajstić information content (AvgIpc) is 2.62. The van der Waals surface area contributed by atoms with Gasteiger partial charge in [-0.1, -0.05) is 0 Å². The monoisotopic (exact) mass is 262 g/mol. The molecule has 1 aromatic heterocycles. The van der Waals surface area contributed by atoms with E-state index in [-0.39, 0.29) is 0 Å². The first-order valence-electron chi connectivity index (χ1n) is 5.09. The molecule has 1 aromatic rings. The van der Waals surface area contributed by atoms with E-state index in [2.05, 4.69) is 0 Å². The third kappa shape index (κ3) is 1.86. The Morgan fingerprint density at radius 2 is 2.06 bits per heavy atom. The maximum absolute atomic E-state index is 13.1. The number of hydrogen-bond donors (Lipinski definition) is 4. The molecular weight excluding hydrogens is 251 g/mol. The minimum absolute atomic E-state index is 0.318. The summed E-state index contributed by atoms with van der Waals surface area (Å²) in [6, 6.07) is 0. The van der Waals surface area contributed by atoms with E-state index >= 15 is 0 Å². The number of H-pyrrole nitrogens is 1. The molecule has 0 aliphatic carbocycles. The molecule has 0 bridgehead atoms. The third-order valence-electron chi connectivity index (χ3n) is 2.74. The van der Waals surface area contributed by atoms with Crippen LogP contribution in [0.2, 0.25) is 0 Å². The van der Waals surface area contributed by atoms with Crippen LogP contribution in [0.15, 0.2) is 15.8 Å². The summed E-state index contributed by atoms with van der Waals surface area (Å²) >= 11 is 0. The number of aliphatic hydroxyl groups is 3. The Kier molecular flexibility index (Phi) is 3.30. The summed E-state index contributed by atoms with van der Waals surface area (Å²) < 4.78 is 18.3. The fraction of sp³-hybridized carbons (Fsp3) is 0.556. The van der Waals surface area contributed by atoms with E-state index in [1.54, 1.807) is 0 Å². The summed E-state index contributed by atoms with van der Waals surface area (Å²) in [7, 11) is 0. The van der Waals surface area contributed by atoms with E-state index in [9.17, 15) is 24.2 Å². The zero-order valence-corrected chi connectivity index (χ0v) is 8.99. The molecule has 0 radical (unpaired) electrons. The minimum atomic E-state index is -1.62. The van der Waals surface area contributed by atoms with Crippen molar-refractivity contribution in [1.82, 2.24) is 9.55 Å². The highest BCUT2D eigenvalue weighted by molar-refractivity contribution is 4.94. The second-order valence-corrected chi connectivity index (χ2v) is 3.85. The number of halogens is 1. The molecule has 2 rings (SSSR count). The first kappa shape index (κ1) is 12.9. The standard InChI is InChI=1S/C9H11FN2O6/c10-3-1-11-9(17)12(7(3)16)8-6(15)5(14)4(2-13)18-8/h1,4-6,8,13-15H,2H2,(H,11,17)/t4-,5-,6-,8?/m1/s1. The highest BCUT2D eigenvalue weighted by Gasteiger charge is 2.44. The molecule has 100 valence electrons. The van der Waals surface area contributed by atoms with Crippen LogP contribution in [-0.2, 0) is 4.74 Å². The highest BCUT2D eigenvalue weighted by Crippen LogP contribution is 2.27. The van der Waals surface area contributed by atoms with Gasteiger partial charge < -0.3 is 25.0 Å². The van der Waals surface area contributed by atoms with E-state index in [1.807, 2.05) is 4.98 Å². The van der Waals surface area contributed by atoms with Crippen LogP contribution < -0.4 is 11.2 Å². The molecule has 2 heterocycles. The zero-order valence-electron chi connectivity index (χ0n) is 8.99. The summed E-state index contributed by atoms with van der Waals surface area (Å²) in [5.41, 5.74) is -2.27. The van der Waals surface area contributed by atoms with E-state index in [1.165, 1.54) is 0 Å². The number of aromatic amines is 1. The van der Waals surface area contributed by atoms with Crippen molar-refractivity contribution in [3.8, 4) is 0 Å². The largest absolute Gasteiger partial charge is 0.394 e. The maximum Gasteiger partial charge on any atom is 0.330 e. The molecule has 0 aromatic carbocycles. The predicted molar refractivity (Wildman–Crippen MR) is 54.3 cm³/mol. The highest BCUT2D eigenvalue weighted by atomic mass is 19.1. The van der Waals surface area contributed by atoms with Gasteiger partial charge in [0.2, 0.25) is 5.82 Å². The lowest BCUT2D eigenvalue weighted by Crippen LogP contribution is -2.43. The molecule has 0 spiro atoms. The first-order valence-corrected chi connectivity index (χ1v) is 5.09. The van der Waals surface area contributed by atoms with Gasteiger partial charge in [-0.05, 0) is 0 Å². The van der Waals surface area contributed by atoms with E-state index in [0.29, 0.717) is 10.8 Å². The quantitative estimate of drug-likeness (QED) is 0.459. The summed E-state index contributed by atoms with van der Waals surface area (Å²) in [5, 5.41) is 28.0. The first-order chi connectivity index (χ1) is 8.47. The lowest BCUT2D eigenvalue weighted by atomic mass is 10.1. The fourth-order valence-corrected chi connectivity index (χ4v) is 1.79. The van der Waals surface area contributed by atoms with Crippen LogP contribution >= 0.6 is 0 Å². The lowest BCUT2D eigenvalue weighted by Gasteiger charge is -2.15.